The number of nitrogens with zero attached hydrogens (tertiary/aromatic N) is 3. The molecular weight excluding hydrogens is 264 g/mol. The van der Waals surface area contributed by atoms with Gasteiger partial charge in [0.1, 0.15) is 0 Å². The summed E-state index contributed by atoms with van der Waals surface area (Å²) in [6, 6.07) is 8.93. The van der Waals surface area contributed by atoms with E-state index in [0.29, 0.717) is 5.56 Å². The number of urea groups is 1. The second-order valence-corrected chi connectivity index (χ2v) is 5.30. The third-order valence-corrected chi connectivity index (χ3v) is 3.75. The Balaban J connectivity index is 1.80. The number of unbranched alkanes of at least 4 members (excludes halogenated alkanes) is 1. The molecule has 21 heavy (non-hydrogen) atoms. The fraction of sp³-hybridized carbons (Fsp3) is 0.500. The molecule has 1 aromatic rings. The van der Waals surface area contributed by atoms with Crippen LogP contribution in [0.15, 0.2) is 24.3 Å². The molecule has 1 heterocycles. The first kappa shape index (κ1) is 15.3. The Hall–Kier alpha value is -2.06. The predicted octanol–water partition coefficient (Wildman–Crippen LogP) is 2.51. The Labute approximate surface area is 126 Å². The zero-order chi connectivity index (χ0) is 15.1. The van der Waals surface area contributed by atoms with E-state index in [4.69, 9.17) is 5.26 Å². The molecule has 0 spiro atoms. The van der Waals surface area contributed by atoms with Gasteiger partial charge < -0.3 is 10.2 Å². The smallest absolute Gasteiger partial charge is 0.321 e. The Morgan fingerprint density at radius 1 is 1.24 bits per heavy atom. The van der Waals surface area contributed by atoms with Crippen LogP contribution in [0.5, 0.6) is 0 Å². The monoisotopic (exact) mass is 286 g/mol. The summed E-state index contributed by atoms with van der Waals surface area (Å²) in [5.41, 5.74) is 1.32. The van der Waals surface area contributed by atoms with Crippen LogP contribution < -0.4 is 5.32 Å². The molecule has 2 rings (SSSR count). The maximum absolute atomic E-state index is 12.2. The molecule has 112 valence electrons. The zero-order valence-corrected chi connectivity index (χ0v) is 12.5. The average molecular weight is 286 g/mol. The summed E-state index contributed by atoms with van der Waals surface area (Å²) >= 11 is 0. The van der Waals surface area contributed by atoms with E-state index in [1.807, 2.05) is 4.90 Å². The van der Waals surface area contributed by atoms with Crippen LogP contribution in [0.3, 0.4) is 0 Å². The molecule has 0 aromatic heterocycles. The van der Waals surface area contributed by atoms with Crippen LogP contribution >= 0.6 is 0 Å². The highest BCUT2D eigenvalue weighted by Crippen LogP contribution is 2.11. The summed E-state index contributed by atoms with van der Waals surface area (Å²) in [6.45, 7) is 6.75. The van der Waals surface area contributed by atoms with E-state index < -0.39 is 0 Å². The molecule has 0 saturated carbocycles. The van der Waals surface area contributed by atoms with Gasteiger partial charge in [0.2, 0.25) is 0 Å². The van der Waals surface area contributed by atoms with Crippen molar-refractivity contribution in [3.05, 3.63) is 29.8 Å². The molecule has 0 unspecified atom stereocenters. The van der Waals surface area contributed by atoms with Gasteiger partial charge in [-0.15, -0.1) is 0 Å². The Kier molecular flexibility index (Phi) is 5.59. The van der Waals surface area contributed by atoms with Gasteiger partial charge in [-0.2, -0.15) is 5.26 Å². The zero-order valence-electron chi connectivity index (χ0n) is 12.5. The van der Waals surface area contributed by atoms with Crippen molar-refractivity contribution >= 4 is 11.7 Å². The molecule has 5 nitrogen and oxygen atoms in total. The Morgan fingerprint density at radius 3 is 2.48 bits per heavy atom. The number of hydrogen-bond acceptors (Lipinski definition) is 3. The first-order chi connectivity index (χ1) is 10.2. The van der Waals surface area contributed by atoms with Crippen molar-refractivity contribution in [2.45, 2.75) is 19.8 Å². The molecule has 1 saturated heterocycles. The van der Waals surface area contributed by atoms with Crippen LogP contribution in [0.1, 0.15) is 25.3 Å². The van der Waals surface area contributed by atoms with Gasteiger partial charge in [-0.1, -0.05) is 13.3 Å². The molecule has 1 fully saturated rings. The highest BCUT2D eigenvalue weighted by molar-refractivity contribution is 5.89. The number of nitrogens with one attached hydrogen (secondary N) is 1. The number of piperazine rings is 1. The van der Waals surface area contributed by atoms with E-state index in [2.05, 4.69) is 23.2 Å². The van der Waals surface area contributed by atoms with E-state index in [9.17, 15) is 4.79 Å². The van der Waals surface area contributed by atoms with Gasteiger partial charge in [-0.3, -0.25) is 4.90 Å². The lowest BCUT2D eigenvalue weighted by molar-refractivity contribution is 0.146. The number of carbonyl (C=O) groups excluding carboxylic acids is 1. The number of amides is 2. The quantitative estimate of drug-likeness (QED) is 0.925. The molecule has 1 N–H and O–H groups in total. The van der Waals surface area contributed by atoms with Crippen LogP contribution in [-0.2, 0) is 0 Å². The fourth-order valence-electron chi connectivity index (χ4n) is 2.39. The lowest BCUT2D eigenvalue weighted by Gasteiger charge is -2.34. The van der Waals surface area contributed by atoms with Gasteiger partial charge >= 0.3 is 6.03 Å². The van der Waals surface area contributed by atoms with Crippen molar-refractivity contribution < 1.29 is 4.79 Å². The van der Waals surface area contributed by atoms with Gasteiger partial charge in [0.05, 0.1) is 11.6 Å². The van der Waals surface area contributed by atoms with Crippen LogP contribution in [0, 0.1) is 11.3 Å². The van der Waals surface area contributed by atoms with Crippen LogP contribution in [-0.4, -0.2) is 48.6 Å². The minimum atomic E-state index is -0.0603. The van der Waals surface area contributed by atoms with Crippen LogP contribution in [0.25, 0.3) is 0 Å². The second-order valence-electron chi connectivity index (χ2n) is 5.30. The Morgan fingerprint density at radius 2 is 1.90 bits per heavy atom. The minimum absolute atomic E-state index is 0.0603. The number of rotatable bonds is 4. The summed E-state index contributed by atoms with van der Waals surface area (Å²) in [4.78, 5) is 16.4. The van der Waals surface area contributed by atoms with Crippen LogP contribution in [0.4, 0.5) is 10.5 Å². The highest BCUT2D eigenvalue weighted by atomic mass is 16.2. The lowest BCUT2D eigenvalue weighted by atomic mass is 10.2. The highest BCUT2D eigenvalue weighted by Gasteiger charge is 2.20. The molecular formula is C16H22N4O. The van der Waals surface area contributed by atoms with E-state index >= 15 is 0 Å². The van der Waals surface area contributed by atoms with Crippen molar-refractivity contribution in [1.82, 2.24) is 9.80 Å². The second kappa shape index (κ2) is 7.65. The number of carbonyl (C=O) groups is 1. The topological polar surface area (TPSA) is 59.4 Å². The van der Waals surface area contributed by atoms with Gasteiger partial charge in [0, 0.05) is 31.9 Å². The summed E-state index contributed by atoms with van der Waals surface area (Å²) in [5.74, 6) is 0. The molecule has 0 bridgehead atoms. The van der Waals surface area contributed by atoms with Gasteiger partial charge in [0.25, 0.3) is 0 Å². The lowest BCUT2D eigenvalue weighted by Crippen LogP contribution is -2.50. The molecule has 1 aromatic carbocycles. The molecule has 1 aliphatic rings. The summed E-state index contributed by atoms with van der Waals surface area (Å²) in [6.07, 6.45) is 2.43. The molecule has 0 atom stereocenters. The predicted molar refractivity (Wildman–Crippen MR) is 83.1 cm³/mol. The number of hydrogen-bond donors (Lipinski definition) is 1. The molecule has 2 amide bonds. The average Bonchev–Trinajstić information content (AvgIpc) is 2.54. The normalized spacial score (nSPS) is 15.5. The van der Waals surface area contributed by atoms with Crippen molar-refractivity contribution in [1.29, 1.82) is 5.26 Å². The van der Waals surface area contributed by atoms with E-state index in [1.165, 1.54) is 12.8 Å². The Bertz CT molecular complexity index is 498. The van der Waals surface area contributed by atoms with Crippen molar-refractivity contribution in [2.75, 3.05) is 38.0 Å². The third-order valence-electron chi connectivity index (χ3n) is 3.75. The number of anilines is 1. The first-order valence-electron chi connectivity index (χ1n) is 7.51. The summed E-state index contributed by atoms with van der Waals surface area (Å²) in [7, 11) is 0. The molecule has 0 aliphatic carbocycles. The fourth-order valence-corrected chi connectivity index (χ4v) is 2.39. The van der Waals surface area contributed by atoms with Crippen molar-refractivity contribution in [3.8, 4) is 6.07 Å². The molecule has 5 heteroatoms. The van der Waals surface area contributed by atoms with Gasteiger partial charge in [-0.25, -0.2) is 4.79 Å². The summed E-state index contributed by atoms with van der Waals surface area (Å²) < 4.78 is 0. The van der Waals surface area contributed by atoms with E-state index in [-0.39, 0.29) is 6.03 Å². The van der Waals surface area contributed by atoms with Crippen molar-refractivity contribution in [2.24, 2.45) is 0 Å². The number of benzene rings is 1. The minimum Gasteiger partial charge on any atom is -0.322 e. The molecule has 1 aliphatic heterocycles. The maximum Gasteiger partial charge on any atom is 0.321 e. The van der Waals surface area contributed by atoms with E-state index in [0.717, 1.165) is 38.4 Å². The third kappa shape index (κ3) is 4.47. The first-order valence-corrected chi connectivity index (χ1v) is 7.51. The molecule has 0 radical (unpaired) electrons. The standard InChI is InChI=1S/C16H22N4O/c1-2-3-8-19-9-11-20(12-10-19)16(21)18-15-6-4-14(13-17)5-7-15/h4-7H,2-3,8-12H2,1H3,(H,18,21). The summed E-state index contributed by atoms with van der Waals surface area (Å²) in [5, 5.41) is 11.6. The SMILES string of the molecule is CCCCN1CCN(C(=O)Nc2ccc(C#N)cc2)CC1. The van der Waals surface area contributed by atoms with Crippen molar-refractivity contribution in [3.63, 3.8) is 0 Å². The van der Waals surface area contributed by atoms with E-state index in [1.54, 1.807) is 24.3 Å². The van der Waals surface area contributed by atoms with Gasteiger partial charge in [0.15, 0.2) is 0 Å². The van der Waals surface area contributed by atoms with Crippen LogP contribution in [0.2, 0.25) is 0 Å². The van der Waals surface area contributed by atoms with Gasteiger partial charge in [-0.05, 0) is 37.2 Å². The largest absolute Gasteiger partial charge is 0.322 e. The number of nitriles is 1. The maximum atomic E-state index is 12.2.